The zero-order chi connectivity index (χ0) is 14.8. The molecule has 0 unspecified atom stereocenters. The van der Waals surface area contributed by atoms with Crippen molar-refractivity contribution in [3.8, 4) is 5.75 Å². The number of nitrogens with one attached hydrogen (secondary N) is 1. The van der Waals surface area contributed by atoms with Crippen molar-refractivity contribution in [2.24, 2.45) is 7.05 Å². The first-order valence-electron chi connectivity index (χ1n) is 7.62. The Kier molecular flexibility index (Phi) is 3.97. The predicted molar refractivity (Wildman–Crippen MR) is 83.4 cm³/mol. The molecule has 0 aliphatic carbocycles. The van der Waals surface area contributed by atoms with Gasteiger partial charge < -0.3 is 10.1 Å². The lowest BCUT2D eigenvalue weighted by Gasteiger charge is -2.26. The fourth-order valence-electron chi connectivity index (χ4n) is 2.96. The Morgan fingerprint density at radius 2 is 2.19 bits per heavy atom. The van der Waals surface area contributed by atoms with E-state index >= 15 is 0 Å². The van der Waals surface area contributed by atoms with Crippen LogP contribution in [0.3, 0.4) is 0 Å². The second kappa shape index (κ2) is 5.90. The van der Waals surface area contributed by atoms with E-state index in [-0.39, 0.29) is 0 Å². The Hall–Kier alpha value is -1.81. The van der Waals surface area contributed by atoms with Gasteiger partial charge in [0.2, 0.25) is 0 Å². The largest absolute Gasteiger partial charge is 0.493 e. The van der Waals surface area contributed by atoms with Gasteiger partial charge in [-0.1, -0.05) is 32.0 Å². The average Bonchev–Trinajstić information content (AvgIpc) is 2.86. The van der Waals surface area contributed by atoms with E-state index in [0.29, 0.717) is 12.0 Å². The van der Waals surface area contributed by atoms with Crippen molar-refractivity contribution in [2.45, 2.75) is 38.8 Å². The zero-order valence-electron chi connectivity index (χ0n) is 13.0. The topological polar surface area (TPSA) is 39.1 Å². The van der Waals surface area contributed by atoms with Gasteiger partial charge in [0.1, 0.15) is 5.75 Å². The molecule has 0 saturated heterocycles. The van der Waals surface area contributed by atoms with Crippen LogP contribution >= 0.6 is 0 Å². The summed E-state index contributed by atoms with van der Waals surface area (Å²) in [6.45, 7) is 6.00. The van der Waals surface area contributed by atoms with Crippen LogP contribution in [0.2, 0.25) is 0 Å². The summed E-state index contributed by atoms with van der Waals surface area (Å²) in [6.07, 6.45) is 3.13. The van der Waals surface area contributed by atoms with E-state index in [0.717, 1.165) is 25.3 Å². The van der Waals surface area contributed by atoms with Crippen LogP contribution in [0.25, 0.3) is 0 Å². The van der Waals surface area contributed by atoms with Crippen LogP contribution in [0.4, 0.5) is 0 Å². The minimum absolute atomic E-state index is 0.357. The van der Waals surface area contributed by atoms with Gasteiger partial charge in [0.15, 0.2) is 0 Å². The molecule has 0 amide bonds. The Morgan fingerprint density at radius 1 is 1.38 bits per heavy atom. The van der Waals surface area contributed by atoms with Crippen molar-refractivity contribution >= 4 is 0 Å². The molecule has 1 aromatic carbocycles. The molecule has 112 valence electrons. The Balaban J connectivity index is 1.74. The smallest absolute Gasteiger partial charge is 0.124 e. The quantitative estimate of drug-likeness (QED) is 0.938. The molecule has 0 fully saturated rings. The molecule has 21 heavy (non-hydrogen) atoms. The number of benzene rings is 1. The van der Waals surface area contributed by atoms with Crippen LogP contribution in [0.15, 0.2) is 30.5 Å². The van der Waals surface area contributed by atoms with Crippen molar-refractivity contribution < 1.29 is 4.74 Å². The number of rotatable bonds is 4. The van der Waals surface area contributed by atoms with Gasteiger partial charge >= 0.3 is 0 Å². The van der Waals surface area contributed by atoms with Crippen molar-refractivity contribution in [2.75, 3.05) is 6.61 Å². The Morgan fingerprint density at radius 3 is 3.00 bits per heavy atom. The summed E-state index contributed by atoms with van der Waals surface area (Å²) in [6, 6.07) is 8.66. The normalized spacial score (nSPS) is 17.6. The maximum Gasteiger partial charge on any atom is 0.124 e. The average molecular weight is 285 g/mol. The number of ether oxygens (including phenoxy) is 1. The van der Waals surface area contributed by atoms with E-state index in [1.165, 1.54) is 16.8 Å². The fourth-order valence-corrected chi connectivity index (χ4v) is 2.96. The minimum atomic E-state index is 0.357. The molecule has 1 aromatic heterocycles. The van der Waals surface area contributed by atoms with Crippen molar-refractivity contribution in [1.29, 1.82) is 0 Å². The number of fused-ring (bicyclic) bond motifs is 1. The third-order valence-corrected chi connectivity index (χ3v) is 3.98. The second-order valence-electron chi connectivity index (χ2n) is 5.98. The molecule has 0 radical (unpaired) electrons. The summed E-state index contributed by atoms with van der Waals surface area (Å²) in [7, 11) is 1.99. The van der Waals surface area contributed by atoms with E-state index in [9.17, 15) is 0 Å². The summed E-state index contributed by atoms with van der Waals surface area (Å²) in [5.41, 5.74) is 3.74. The summed E-state index contributed by atoms with van der Waals surface area (Å²) < 4.78 is 7.62. The lowest BCUT2D eigenvalue weighted by Crippen LogP contribution is -2.27. The molecule has 3 rings (SSSR count). The second-order valence-corrected chi connectivity index (χ2v) is 5.98. The summed E-state index contributed by atoms with van der Waals surface area (Å²) in [5, 5.41) is 8.24. The third-order valence-electron chi connectivity index (χ3n) is 3.98. The number of nitrogens with zero attached hydrogens (tertiary/aromatic N) is 2. The maximum atomic E-state index is 5.72. The maximum absolute atomic E-state index is 5.72. The van der Waals surface area contributed by atoms with Gasteiger partial charge in [0, 0.05) is 43.4 Å². The third kappa shape index (κ3) is 2.95. The highest BCUT2D eigenvalue weighted by atomic mass is 16.5. The minimum Gasteiger partial charge on any atom is -0.493 e. The van der Waals surface area contributed by atoms with Gasteiger partial charge in [-0.05, 0) is 12.0 Å². The van der Waals surface area contributed by atoms with Crippen LogP contribution in [-0.2, 0) is 13.6 Å². The molecule has 4 nitrogen and oxygen atoms in total. The van der Waals surface area contributed by atoms with E-state index in [1.807, 2.05) is 23.9 Å². The zero-order valence-corrected chi connectivity index (χ0v) is 13.0. The molecular weight excluding hydrogens is 262 g/mol. The highest BCUT2D eigenvalue weighted by Gasteiger charge is 2.21. The van der Waals surface area contributed by atoms with E-state index in [4.69, 9.17) is 4.74 Å². The SMILES string of the molecule is CC(C)c1nn(C)cc1CN[C@@H]1CCOc2ccccc21. The van der Waals surface area contributed by atoms with Crippen LogP contribution < -0.4 is 10.1 Å². The highest BCUT2D eigenvalue weighted by Crippen LogP contribution is 2.32. The molecule has 1 aliphatic heterocycles. The Bertz CT molecular complexity index is 618. The van der Waals surface area contributed by atoms with Gasteiger partial charge in [-0.2, -0.15) is 5.10 Å². The Labute approximate surface area is 126 Å². The summed E-state index contributed by atoms with van der Waals surface area (Å²) in [4.78, 5) is 0. The first-order valence-corrected chi connectivity index (χ1v) is 7.62. The van der Waals surface area contributed by atoms with E-state index in [2.05, 4.69) is 42.6 Å². The van der Waals surface area contributed by atoms with Crippen molar-refractivity contribution in [3.63, 3.8) is 0 Å². The van der Waals surface area contributed by atoms with E-state index < -0.39 is 0 Å². The molecule has 1 atom stereocenters. The molecule has 1 N–H and O–H groups in total. The van der Waals surface area contributed by atoms with Crippen molar-refractivity contribution in [1.82, 2.24) is 15.1 Å². The number of para-hydroxylation sites is 1. The van der Waals surface area contributed by atoms with Gasteiger partial charge in [0.25, 0.3) is 0 Å². The molecule has 2 aromatic rings. The molecule has 0 spiro atoms. The number of hydrogen-bond donors (Lipinski definition) is 1. The van der Waals surface area contributed by atoms with Crippen LogP contribution in [0, 0.1) is 0 Å². The molecule has 2 heterocycles. The van der Waals surface area contributed by atoms with Crippen LogP contribution in [0.5, 0.6) is 5.75 Å². The number of aryl methyl sites for hydroxylation is 1. The molecule has 0 saturated carbocycles. The van der Waals surface area contributed by atoms with Crippen LogP contribution in [0.1, 0.15) is 49.0 Å². The molecule has 4 heteroatoms. The number of hydrogen-bond acceptors (Lipinski definition) is 3. The van der Waals surface area contributed by atoms with Gasteiger partial charge in [-0.15, -0.1) is 0 Å². The fraction of sp³-hybridized carbons (Fsp3) is 0.471. The molecule has 1 aliphatic rings. The van der Waals surface area contributed by atoms with Crippen LogP contribution in [-0.4, -0.2) is 16.4 Å². The highest BCUT2D eigenvalue weighted by molar-refractivity contribution is 5.37. The standard InChI is InChI=1S/C17H23N3O/c1-12(2)17-13(11-20(3)19-17)10-18-15-8-9-21-16-7-5-4-6-14(15)16/h4-7,11-12,15,18H,8-10H2,1-3H3/t15-/m1/s1. The first-order chi connectivity index (χ1) is 10.1. The lowest BCUT2D eigenvalue weighted by molar-refractivity contribution is 0.252. The summed E-state index contributed by atoms with van der Waals surface area (Å²) in [5.74, 6) is 1.46. The summed E-state index contributed by atoms with van der Waals surface area (Å²) >= 11 is 0. The monoisotopic (exact) mass is 285 g/mol. The number of aromatic nitrogens is 2. The predicted octanol–water partition coefficient (Wildman–Crippen LogP) is 3.16. The van der Waals surface area contributed by atoms with Gasteiger partial charge in [-0.3, -0.25) is 4.68 Å². The first kappa shape index (κ1) is 14.1. The lowest BCUT2D eigenvalue weighted by atomic mass is 10.00. The van der Waals surface area contributed by atoms with Crippen molar-refractivity contribution in [3.05, 3.63) is 47.3 Å². The molecular formula is C17H23N3O. The van der Waals surface area contributed by atoms with E-state index in [1.54, 1.807) is 0 Å². The van der Waals surface area contributed by atoms with Gasteiger partial charge in [0.05, 0.1) is 12.3 Å². The van der Waals surface area contributed by atoms with Gasteiger partial charge in [-0.25, -0.2) is 0 Å². The molecule has 0 bridgehead atoms.